The molecule has 1 aliphatic rings. The van der Waals surface area contributed by atoms with Gasteiger partial charge in [-0.1, -0.05) is 18.5 Å². The van der Waals surface area contributed by atoms with Gasteiger partial charge in [0.2, 0.25) is 10.0 Å². The molecule has 32 heavy (non-hydrogen) atoms. The molecule has 1 saturated heterocycles. The third-order valence-corrected chi connectivity index (χ3v) is 8.07. The first-order chi connectivity index (χ1) is 15.3. The van der Waals surface area contributed by atoms with E-state index in [0.29, 0.717) is 49.1 Å². The highest BCUT2D eigenvalue weighted by Crippen LogP contribution is 2.27. The van der Waals surface area contributed by atoms with Crippen molar-refractivity contribution < 1.29 is 17.6 Å². The summed E-state index contributed by atoms with van der Waals surface area (Å²) in [6, 6.07) is 11.6. The van der Waals surface area contributed by atoms with Crippen LogP contribution >= 0.6 is 11.6 Å². The molecule has 4 rings (SSSR count). The summed E-state index contributed by atoms with van der Waals surface area (Å²) in [5.74, 6) is 0.611. The molecule has 0 radical (unpaired) electrons. The van der Waals surface area contributed by atoms with Gasteiger partial charge in [-0.25, -0.2) is 13.2 Å². The third kappa shape index (κ3) is 4.54. The number of hydrogen-bond donors (Lipinski definition) is 0. The summed E-state index contributed by atoms with van der Waals surface area (Å²) < 4.78 is 37.9. The minimum absolute atomic E-state index is 0.250. The fourth-order valence-electron chi connectivity index (χ4n) is 3.96. The molecule has 0 aliphatic carbocycles. The van der Waals surface area contributed by atoms with Gasteiger partial charge in [-0.15, -0.1) is 0 Å². The van der Waals surface area contributed by atoms with Crippen molar-refractivity contribution >= 4 is 32.6 Å². The van der Waals surface area contributed by atoms with Crippen molar-refractivity contribution in [3.63, 3.8) is 0 Å². The zero-order valence-electron chi connectivity index (χ0n) is 18.0. The van der Waals surface area contributed by atoms with Gasteiger partial charge in [0, 0.05) is 49.2 Å². The van der Waals surface area contributed by atoms with Crippen LogP contribution in [0.2, 0.25) is 5.02 Å². The number of methoxy groups -OCH3 is 1. The molecule has 0 spiro atoms. The highest BCUT2D eigenvalue weighted by molar-refractivity contribution is 7.89. The molecule has 0 amide bonds. The molecule has 2 aromatic carbocycles. The number of rotatable bonds is 6. The molecule has 0 atom stereocenters. The molecule has 170 valence electrons. The summed E-state index contributed by atoms with van der Waals surface area (Å²) in [6.07, 6.45) is 0.743. The second-order valence-corrected chi connectivity index (χ2v) is 10.1. The molecule has 1 aromatic heterocycles. The van der Waals surface area contributed by atoms with E-state index in [9.17, 15) is 13.2 Å². The minimum Gasteiger partial charge on any atom is -0.497 e. The summed E-state index contributed by atoms with van der Waals surface area (Å²) in [5, 5.41) is 1.45. The average Bonchev–Trinajstić information content (AvgIpc) is 2.79. The van der Waals surface area contributed by atoms with E-state index in [1.54, 1.807) is 31.4 Å². The van der Waals surface area contributed by atoms with Crippen molar-refractivity contribution in [3.05, 3.63) is 69.0 Å². The van der Waals surface area contributed by atoms with Gasteiger partial charge >= 0.3 is 5.63 Å². The van der Waals surface area contributed by atoms with E-state index in [1.807, 2.05) is 19.1 Å². The zero-order valence-corrected chi connectivity index (χ0v) is 19.6. The van der Waals surface area contributed by atoms with Gasteiger partial charge in [-0.2, -0.15) is 4.31 Å². The van der Waals surface area contributed by atoms with E-state index in [2.05, 4.69) is 4.90 Å². The molecular formula is C23H25ClN2O5S. The van der Waals surface area contributed by atoms with Crippen molar-refractivity contribution in [2.75, 3.05) is 33.3 Å². The molecule has 1 fully saturated rings. The van der Waals surface area contributed by atoms with E-state index in [-0.39, 0.29) is 4.90 Å². The predicted molar refractivity (Wildman–Crippen MR) is 124 cm³/mol. The summed E-state index contributed by atoms with van der Waals surface area (Å²) in [6.45, 7) is 4.35. The van der Waals surface area contributed by atoms with Gasteiger partial charge in [0.15, 0.2) is 0 Å². The topological polar surface area (TPSA) is 80.1 Å². The van der Waals surface area contributed by atoms with Crippen molar-refractivity contribution in [2.24, 2.45) is 0 Å². The summed E-state index contributed by atoms with van der Waals surface area (Å²) in [4.78, 5) is 14.5. The molecule has 0 unspecified atom stereocenters. The third-order valence-electron chi connectivity index (χ3n) is 5.80. The van der Waals surface area contributed by atoms with Gasteiger partial charge in [-0.3, -0.25) is 4.90 Å². The number of sulfonamides is 1. The maximum Gasteiger partial charge on any atom is 0.336 e. The summed E-state index contributed by atoms with van der Waals surface area (Å²) in [5.41, 5.74) is 1.87. The lowest BCUT2D eigenvalue weighted by Gasteiger charge is -2.34. The van der Waals surface area contributed by atoms with E-state index >= 15 is 0 Å². The highest BCUT2D eigenvalue weighted by Gasteiger charge is 2.28. The van der Waals surface area contributed by atoms with Crippen molar-refractivity contribution in [1.82, 2.24) is 9.21 Å². The highest BCUT2D eigenvalue weighted by atomic mass is 35.5. The van der Waals surface area contributed by atoms with Crippen LogP contribution in [0.4, 0.5) is 0 Å². The standard InChI is InChI=1S/C23H25ClN2O5S/c1-3-16-12-22-20(14-21(16)24)17(13-23(27)31-22)15-25-8-10-26(11-9-25)32(28,29)19-6-4-18(30-2)5-7-19/h4-7,12-14H,3,8-11,15H2,1-2H3. The molecule has 3 aromatic rings. The van der Waals surface area contributed by atoms with Crippen LogP contribution in [0.5, 0.6) is 5.75 Å². The van der Waals surface area contributed by atoms with E-state index in [4.69, 9.17) is 20.8 Å². The number of benzene rings is 2. The number of nitrogens with zero attached hydrogens (tertiary/aromatic N) is 2. The van der Waals surface area contributed by atoms with Crippen molar-refractivity contribution in [1.29, 1.82) is 0 Å². The first-order valence-corrected chi connectivity index (χ1v) is 12.3. The van der Waals surface area contributed by atoms with Crippen LogP contribution < -0.4 is 10.4 Å². The van der Waals surface area contributed by atoms with Crippen LogP contribution in [-0.4, -0.2) is 50.9 Å². The molecular weight excluding hydrogens is 452 g/mol. The number of piperazine rings is 1. The van der Waals surface area contributed by atoms with Crippen LogP contribution in [0, 0.1) is 0 Å². The molecule has 9 heteroatoms. The molecule has 0 saturated carbocycles. The van der Waals surface area contributed by atoms with Crippen molar-refractivity contribution in [2.45, 2.75) is 24.8 Å². The van der Waals surface area contributed by atoms with Gasteiger partial charge in [0.05, 0.1) is 12.0 Å². The van der Waals surface area contributed by atoms with Gasteiger partial charge < -0.3 is 9.15 Å². The van der Waals surface area contributed by atoms with Crippen LogP contribution in [0.15, 0.2) is 56.6 Å². The van der Waals surface area contributed by atoms with Gasteiger partial charge in [0.25, 0.3) is 0 Å². The Hall–Kier alpha value is -2.39. The Morgan fingerprint density at radius 2 is 1.72 bits per heavy atom. The van der Waals surface area contributed by atoms with Gasteiger partial charge in [0.1, 0.15) is 11.3 Å². The molecule has 2 heterocycles. The Kier molecular flexibility index (Phi) is 6.57. The quantitative estimate of drug-likeness (QED) is 0.506. The smallest absolute Gasteiger partial charge is 0.336 e. The largest absolute Gasteiger partial charge is 0.497 e. The SMILES string of the molecule is CCc1cc2oc(=O)cc(CN3CCN(S(=O)(=O)c4ccc(OC)cc4)CC3)c2cc1Cl. The van der Waals surface area contributed by atoms with E-state index < -0.39 is 15.6 Å². The van der Waals surface area contributed by atoms with E-state index in [0.717, 1.165) is 22.9 Å². The summed E-state index contributed by atoms with van der Waals surface area (Å²) in [7, 11) is -2.03. The fraction of sp³-hybridized carbons (Fsp3) is 0.348. The number of aryl methyl sites for hydroxylation is 1. The first-order valence-electron chi connectivity index (χ1n) is 10.4. The number of halogens is 1. The lowest BCUT2D eigenvalue weighted by atomic mass is 10.1. The Morgan fingerprint density at radius 3 is 2.34 bits per heavy atom. The average molecular weight is 477 g/mol. The Morgan fingerprint density at radius 1 is 1.03 bits per heavy atom. The van der Waals surface area contributed by atoms with Gasteiger partial charge in [-0.05, 0) is 53.9 Å². The Bertz CT molecular complexity index is 1280. The number of hydrogen-bond acceptors (Lipinski definition) is 6. The van der Waals surface area contributed by atoms with Crippen LogP contribution in [0.1, 0.15) is 18.1 Å². The Balaban J connectivity index is 1.50. The lowest BCUT2D eigenvalue weighted by Crippen LogP contribution is -2.48. The lowest BCUT2D eigenvalue weighted by molar-refractivity contribution is 0.182. The zero-order chi connectivity index (χ0) is 22.9. The molecule has 7 nitrogen and oxygen atoms in total. The summed E-state index contributed by atoms with van der Waals surface area (Å²) >= 11 is 6.39. The molecule has 0 bridgehead atoms. The predicted octanol–water partition coefficient (Wildman–Crippen LogP) is 3.52. The minimum atomic E-state index is -3.57. The maximum atomic E-state index is 13.0. The normalized spacial score (nSPS) is 15.8. The maximum absolute atomic E-state index is 13.0. The first kappa shape index (κ1) is 22.8. The Labute approximate surface area is 192 Å². The van der Waals surface area contributed by atoms with Crippen LogP contribution in [0.25, 0.3) is 11.0 Å². The fourth-order valence-corrected chi connectivity index (χ4v) is 5.68. The number of fused-ring (bicyclic) bond motifs is 1. The van der Waals surface area contributed by atoms with Crippen LogP contribution in [-0.2, 0) is 23.0 Å². The molecule has 0 N–H and O–H groups in total. The monoisotopic (exact) mass is 476 g/mol. The molecule has 1 aliphatic heterocycles. The van der Waals surface area contributed by atoms with Crippen molar-refractivity contribution in [3.8, 4) is 5.75 Å². The second-order valence-electron chi connectivity index (χ2n) is 7.74. The van der Waals surface area contributed by atoms with E-state index in [1.165, 1.54) is 10.4 Å². The second kappa shape index (κ2) is 9.23. The number of ether oxygens (including phenoxy) is 1. The van der Waals surface area contributed by atoms with Crippen LogP contribution in [0.3, 0.4) is 0 Å².